The Morgan fingerprint density at radius 1 is 1.25 bits per heavy atom. The summed E-state index contributed by atoms with van der Waals surface area (Å²) in [6.45, 7) is 3.60. The Bertz CT molecular complexity index is 958. The van der Waals surface area contributed by atoms with E-state index in [1.807, 2.05) is 0 Å². The number of carbonyl (C=O) groups excluding carboxylic acids is 2. The molecule has 0 saturated heterocycles. The quantitative estimate of drug-likeness (QED) is 0.731. The number of carboxylic acids is 1. The Morgan fingerprint density at radius 2 is 2.00 bits per heavy atom. The van der Waals surface area contributed by atoms with Gasteiger partial charge in [0.2, 0.25) is 11.8 Å². The van der Waals surface area contributed by atoms with Crippen molar-refractivity contribution in [1.29, 1.82) is 0 Å². The highest BCUT2D eigenvalue weighted by Crippen LogP contribution is 2.35. The summed E-state index contributed by atoms with van der Waals surface area (Å²) in [6.07, 6.45) is -0.306. The highest BCUT2D eigenvalue weighted by molar-refractivity contribution is 6.06. The molecule has 8 heteroatoms. The number of nitrogens with one attached hydrogen (secondary N) is 2. The number of hydrogen-bond acceptors (Lipinski definition) is 4. The van der Waals surface area contributed by atoms with Gasteiger partial charge in [0, 0.05) is 12.1 Å². The van der Waals surface area contributed by atoms with Crippen LogP contribution >= 0.6 is 0 Å². The zero-order valence-electron chi connectivity index (χ0n) is 15.3. The molecule has 146 valence electrons. The Morgan fingerprint density at radius 3 is 2.68 bits per heavy atom. The Kier molecular flexibility index (Phi) is 5.30. The van der Waals surface area contributed by atoms with Crippen molar-refractivity contribution in [3.63, 3.8) is 0 Å². The molecule has 0 fully saturated rings. The maximum absolute atomic E-state index is 13.5. The second-order valence-corrected chi connectivity index (χ2v) is 6.71. The van der Waals surface area contributed by atoms with E-state index in [-0.39, 0.29) is 29.5 Å². The van der Waals surface area contributed by atoms with E-state index >= 15 is 0 Å². The van der Waals surface area contributed by atoms with Crippen LogP contribution in [-0.2, 0) is 9.59 Å². The van der Waals surface area contributed by atoms with Gasteiger partial charge in [-0.3, -0.25) is 9.59 Å². The first-order chi connectivity index (χ1) is 13.2. The predicted molar refractivity (Wildman–Crippen MR) is 100 cm³/mol. The fraction of sp³-hybridized carbons (Fsp3) is 0.250. The number of fused-ring (bicyclic) bond motifs is 1. The van der Waals surface area contributed by atoms with E-state index in [4.69, 9.17) is 4.74 Å². The van der Waals surface area contributed by atoms with Crippen LogP contribution < -0.4 is 15.4 Å². The van der Waals surface area contributed by atoms with Crippen molar-refractivity contribution in [1.82, 2.24) is 0 Å². The van der Waals surface area contributed by atoms with Crippen LogP contribution in [0.1, 0.15) is 42.1 Å². The van der Waals surface area contributed by atoms with Gasteiger partial charge in [-0.05, 0) is 49.7 Å². The lowest BCUT2D eigenvalue weighted by molar-refractivity contribution is -0.123. The van der Waals surface area contributed by atoms with Crippen LogP contribution in [-0.4, -0.2) is 29.0 Å². The van der Waals surface area contributed by atoms with Crippen LogP contribution in [0.2, 0.25) is 0 Å². The second-order valence-electron chi connectivity index (χ2n) is 6.71. The lowest BCUT2D eigenvalue weighted by Crippen LogP contribution is -2.31. The van der Waals surface area contributed by atoms with Gasteiger partial charge in [0.05, 0.1) is 23.3 Å². The van der Waals surface area contributed by atoms with Gasteiger partial charge in [-0.2, -0.15) is 0 Å². The summed E-state index contributed by atoms with van der Waals surface area (Å²) < 4.78 is 19.1. The number of amides is 2. The number of halogens is 1. The molecule has 0 saturated carbocycles. The SMILES string of the molecule is CC(C)Oc1ccc(C(=O)O)cc1NC(=O)C1CC(=O)Nc2cc(F)ccc21. The molecular weight excluding hydrogens is 367 g/mol. The molecular formula is C20H19FN2O5. The third kappa shape index (κ3) is 4.11. The zero-order valence-corrected chi connectivity index (χ0v) is 15.3. The van der Waals surface area contributed by atoms with Crippen LogP contribution in [0, 0.1) is 5.82 Å². The van der Waals surface area contributed by atoms with Gasteiger partial charge < -0.3 is 20.5 Å². The summed E-state index contributed by atoms with van der Waals surface area (Å²) in [4.78, 5) is 36.1. The van der Waals surface area contributed by atoms with Crippen LogP contribution in [0.3, 0.4) is 0 Å². The lowest BCUT2D eigenvalue weighted by Gasteiger charge is -2.25. The minimum Gasteiger partial charge on any atom is -0.489 e. The number of ether oxygens (including phenoxy) is 1. The van der Waals surface area contributed by atoms with Gasteiger partial charge in [-0.1, -0.05) is 6.07 Å². The first-order valence-electron chi connectivity index (χ1n) is 8.68. The minimum absolute atomic E-state index is 0.0183. The fourth-order valence-corrected chi connectivity index (χ4v) is 3.01. The van der Waals surface area contributed by atoms with Crippen molar-refractivity contribution in [2.75, 3.05) is 10.6 Å². The highest BCUT2D eigenvalue weighted by Gasteiger charge is 2.31. The van der Waals surface area contributed by atoms with Crippen molar-refractivity contribution < 1.29 is 28.6 Å². The Balaban J connectivity index is 1.93. The topological polar surface area (TPSA) is 105 Å². The molecule has 2 amide bonds. The maximum Gasteiger partial charge on any atom is 0.335 e. The molecule has 1 heterocycles. The normalized spacial score (nSPS) is 15.6. The highest BCUT2D eigenvalue weighted by atomic mass is 19.1. The van der Waals surface area contributed by atoms with E-state index in [1.54, 1.807) is 13.8 Å². The van der Waals surface area contributed by atoms with E-state index in [0.29, 0.717) is 11.3 Å². The summed E-state index contributed by atoms with van der Waals surface area (Å²) in [6, 6.07) is 7.97. The van der Waals surface area contributed by atoms with Gasteiger partial charge in [0.25, 0.3) is 0 Å². The number of aromatic carboxylic acids is 1. The molecule has 0 aromatic heterocycles. The molecule has 2 aromatic carbocycles. The van der Waals surface area contributed by atoms with Crippen molar-refractivity contribution in [3.05, 3.63) is 53.3 Å². The second kappa shape index (κ2) is 7.67. The van der Waals surface area contributed by atoms with Crippen LogP contribution in [0.15, 0.2) is 36.4 Å². The van der Waals surface area contributed by atoms with Crippen LogP contribution in [0.4, 0.5) is 15.8 Å². The zero-order chi connectivity index (χ0) is 20.4. The summed E-state index contributed by atoms with van der Waals surface area (Å²) in [7, 11) is 0. The molecule has 1 unspecified atom stereocenters. The number of anilines is 2. The van der Waals surface area contributed by atoms with E-state index in [1.165, 1.54) is 30.3 Å². The van der Waals surface area contributed by atoms with E-state index in [0.717, 1.165) is 6.07 Å². The van der Waals surface area contributed by atoms with Crippen molar-refractivity contribution in [2.24, 2.45) is 0 Å². The largest absolute Gasteiger partial charge is 0.489 e. The van der Waals surface area contributed by atoms with E-state index < -0.39 is 29.5 Å². The molecule has 7 nitrogen and oxygen atoms in total. The van der Waals surface area contributed by atoms with Crippen LogP contribution in [0.25, 0.3) is 0 Å². The molecule has 0 radical (unpaired) electrons. The molecule has 3 rings (SSSR count). The smallest absolute Gasteiger partial charge is 0.335 e. The lowest BCUT2D eigenvalue weighted by atomic mass is 9.89. The molecule has 1 aliphatic heterocycles. The fourth-order valence-electron chi connectivity index (χ4n) is 3.01. The van der Waals surface area contributed by atoms with E-state index in [9.17, 15) is 23.9 Å². The Hall–Kier alpha value is -3.42. The first-order valence-corrected chi connectivity index (χ1v) is 8.68. The molecule has 28 heavy (non-hydrogen) atoms. The third-order valence-corrected chi connectivity index (χ3v) is 4.22. The van der Waals surface area contributed by atoms with Gasteiger partial charge >= 0.3 is 5.97 Å². The summed E-state index contributed by atoms with van der Waals surface area (Å²) in [5, 5.41) is 14.4. The van der Waals surface area contributed by atoms with Gasteiger partial charge in [-0.15, -0.1) is 0 Å². The van der Waals surface area contributed by atoms with Gasteiger partial charge in [0.1, 0.15) is 11.6 Å². The molecule has 2 aromatic rings. The molecule has 0 bridgehead atoms. The number of hydrogen-bond donors (Lipinski definition) is 3. The molecule has 1 aliphatic rings. The average Bonchev–Trinajstić information content (AvgIpc) is 2.61. The minimum atomic E-state index is -1.15. The van der Waals surface area contributed by atoms with E-state index in [2.05, 4.69) is 10.6 Å². The summed E-state index contributed by atoms with van der Waals surface area (Å²) in [5.74, 6) is -3.13. The standard InChI is InChI=1S/C20H19FN2O5/c1-10(2)28-17-6-3-11(20(26)27)7-16(17)23-19(25)14-9-18(24)22-15-8-12(21)4-5-13(14)15/h3-8,10,14H,9H2,1-2H3,(H,22,24)(H,23,25)(H,26,27). The molecule has 0 spiro atoms. The monoisotopic (exact) mass is 386 g/mol. The summed E-state index contributed by atoms with van der Waals surface area (Å²) >= 11 is 0. The Labute approximate surface area is 160 Å². The molecule has 1 atom stereocenters. The molecule has 3 N–H and O–H groups in total. The van der Waals surface area contributed by atoms with Crippen molar-refractivity contribution in [3.8, 4) is 5.75 Å². The van der Waals surface area contributed by atoms with Crippen molar-refractivity contribution in [2.45, 2.75) is 32.3 Å². The third-order valence-electron chi connectivity index (χ3n) is 4.22. The number of carbonyl (C=O) groups is 3. The number of carboxylic acid groups (broad SMARTS) is 1. The maximum atomic E-state index is 13.5. The number of benzene rings is 2. The van der Waals surface area contributed by atoms with Crippen LogP contribution in [0.5, 0.6) is 5.75 Å². The first kappa shape index (κ1) is 19.3. The van der Waals surface area contributed by atoms with Gasteiger partial charge in [0.15, 0.2) is 0 Å². The number of rotatable bonds is 5. The van der Waals surface area contributed by atoms with Gasteiger partial charge in [-0.25, -0.2) is 9.18 Å². The van der Waals surface area contributed by atoms with Crippen molar-refractivity contribution >= 4 is 29.2 Å². The molecule has 0 aliphatic carbocycles. The summed E-state index contributed by atoms with van der Waals surface area (Å²) in [5.41, 5.74) is 0.900. The average molecular weight is 386 g/mol. The predicted octanol–water partition coefficient (Wildman–Crippen LogP) is 3.38.